The van der Waals surface area contributed by atoms with Crippen molar-refractivity contribution in [1.82, 2.24) is 9.88 Å². The molecule has 0 spiro atoms. The van der Waals surface area contributed by atoms with Gasteiger partial charge in [-0.05, 0) is 68.1 Å². The van der Waals surface area contributed by atoms with E-state index >= 15 is 0 Å². The highest BCUT2D eigenvalue weighted by Gasteiger charge is 2.26. The molecule has 3 aromatic rings. The number of benzene rings is 2. The van der Waals surface area contributed by atoms with Crippen molar-refractivity contribution in [3.8, 4) is 11.5 Å². The van der Waals surface area contributed by atoms with Crippen molar-refractivity contribution in [2.75, 3.05) is 32.1 Å². The molecule has 1 fully saturated rings. The fourth-order valence-electron chi connectivity index (χ4n) is 3.96. The molecule has 0 bridgehead atoms. The molecule has 1 aromatic heterocycles. The summed E-state index contributed by atoms with van der Waals surface area (Å²) in [4.78, 5) is 31.8. The number of carbonyl (C=O) groups is 2. The smallest absolute Gasteiger partial charge is 0.275 e. The summed E-state index contributed by atoms with van der Waals surface area (Å²) in [6, 6.07) is 10.9. The Morgan fingerprint density at radius 1 is 1.14 bits per heavy atom. The second kappa shape index (κ2) is 11.1. The molecule has 0 radical (unpaired) electrons. The van der Waals surface area contributed by atoms with Crippen LogP contribution < -0.4 is 14.8 Å². The number of amides is 2. The second-order valence-corrected chi connectivity index (χ2v) is 9.89. The Kier molecular flexibility index (Phi) is 7.93. The summed E-state index contributed by atoms with van der Waals surface area (Å²) < 4.78 is 11.0. The first-order valence-electron chi connectivity index (χ1n) is 11.4. The number of hydrogen-bond donors (Lipinski definition) is 1. The van der Waals surface area contributed by atoms with Crippen LogP contribution in [-0.2, 0) is 4.79 Å². The van der Waals surface area contributed by atoms with E-state index in [1.165, 1.54) is 24.0 Å². The van der Waals surface area contributed by atoms with Gasteiger partial charge in [0.1, 0.15) is 17.2 Å². The lowest BCUT2D eigenvalue weighted by Crippen LogP contribution is -2.40. The highest BCUT2D eigenvalue weighted by atomic mass is 35.5. The van der Waals surface area contributed by atoms with Crippen molar-refractivity contribution in [1.29, 1.82) is 0 Å². The van der Waals surface area contributed by atoms with Crippen LogP contribution in [0.5, 0.6) is 11.5 Å². The van der Waals surface area contributed by atoms with Gasteiger partial charge in [-0.3, -0.25) is 9.59 Å². The number of aromatic nitrogens is 1. The number of nitrogens with zero attached hydrogens (tertiary/aromatic N) is 2. The molecule has 35 heavy (non-hydrogen) atoms. The number of methoxy groups -OCH3 is 1. The second-order valence-electron chi connectivity index (χ2n) is 8.56. The van der Waals surface area contributed by atoms with Crippen LogP contribution in [0.4, 0.5) is 5.69 Å². The van der Waals surface area contributed by atoms with Gasteiger partial charge in [0.05, 0.1) is 17.8 Å². The van der Waals surface area contributed by atoms with Crippen LogP contribution in [0, 0.1) is 13.8 Å². The summed E-state index contributed by atoms with van der Waals surface area (Å²) >= 11 is 7.52. The largest absolute Gasteiger partial charge is 0.495 e. The molecule has 2 amide bonds. The van der Waals surface area contributed by atoms with Gasteiger partial charge in [0.25, 0.3) is 11.8 Å². The van der Waals surface area contributed by atoms with E-state index in [1.807, 2.05) is 36.9 Å². The Hall–Kier alpha value is -3.10. The fourth-order valence-corrected chi connectivity index (χ4v) is 5.10. The maximum absolute atomic E-state index is 12.7. The van der Waals surface area contributed by atoms with Crippen LogP contribution in [0.15, 0.2) is 41.8 Å². The summed E-state index contributed by atoms with van der Waals surface area (Å²) in [7, 11) is 1.53. The molecule has 0 unspecified atom stereocenters. The Morgan fingerprint density at radius 3 is 2.63 bits per heavy atom. The lowest BCUT2D eigenvalue weighted by atomic mass is 9.97. The number of anilines is 1. The number of piperidine rings is 1. The predicted octanol–water partition coefficient (Wildman–Crippen LogP) is 5.46. The molecular weight excluding hydrogens is 486 g/mol. The summed E-state index contributed by atoms with van der Waals surface area (Å²) in [6.07, 6.45) is 1.60. The first kappa shape index (κ1) is 25.0. The fraction of sp³-hybridized carbons (Fsp3) is 0.346. The molecule has 2 aromatic carbocycles. The molecule has 9 heteroatoms. The zero-order chi connectivity index (χ0) is 24.9. The van der Waals surface area contributed by atoms with Crippen molar-refractivity contribution in [2.24, 2.45) is 0 Å². The minimum Gasteiger partial charge on any atom is -0.495 e. The van der Waals surface area contributed by atoms with Crippen molar-refractivity contribution in [3.05, 3.63) is 68.6 Å². The van der Waals surface area contributed by atoms with Gasteiger partial charge in [-0.1, -0.05) is 17.7 Å². The van der Waals surface area contributed by atoms with Crippen LogP contribution >= 0.6 is 22.9 Å². The minimum absolute atomic E-state index is 0.0173. The molecule has 0 aliphatic carbocycles. The third kappa shape index (κ3) is 6.13. The number of aryl methyl sites for hydroxylation is 2. The third-order valence-corrected chi connectivity index (χ3v) is 7.44. The Labute approximate surface area is 214 Å². The predicted molar refractivity (Wildman–Crippen MR) is 138 cm³/mol. The monoisotopic (exact) mass is 513 g/mol. The maximum atomic E-state index is 12.7. The van der Waals surface area contributed by atoms with Crippen molar-refractivity contribution in [3.63, 3.8) is 0 Å². The Bertz CT molecular complexity index is 1220. The first-order chi connectivity index (χ1) is 16.8. The molecule has 1 saturated heterocycles. The zero-order valence-electron chi connectivity index (χ0n) is 20.0. The molecule has 4 rings (SSSR count). The van der Waals surface area contributed by atoms with E-state index in [4.69, 9.17) is 21.1 Å². The molecule has 0 atom stereocenters. The molecule has 7 nitrogen and oxygen atoms in total. The number of nitrogens with one attached hydrogen (secondary N) is 1. The van der Waals surface area contributed by atoms with Gasteiger partial charge < -0.3 is 19.7 Å². The number of rotatable bonds is 7. The van der Waals surface area contributed by atoms with Crippen LogP contribution in [-0.4, -0.2) is 48.5 Å². The number of likely N-dealkylation sites (tertiary alicyclic amines) is 1. The molecule has 1 aliphatic rings. The van der Waals surface area contributed by atoms with E-state index in [2.05, 4.69) is 10.3 Å². The van der Waals surface area contributed by atoms with E-state index in [-0.39, 0.29) is 24.3 Å². The number of thiazole rings is 1. The average molecular weight is 514 g/mol. The summed E-state index contributed by atoms with van der Waals surface area (Å²) in [6.45, 7) is 5.38. The lowest BCUT2D eigenvalue weighted by molar-refractivity contribution is -0.134. The molecule has 2 heterocycles. The maximum Gasteiger partial charge on any atom is 0.275 e. The first-order valence-corrected chi connectivity index (χ1v) is 12.7. The number of hydrogen-bond acceptors (Lipinski definition) is 6. The normalized spacial score (nSPS) is 14.0. The van der Waals surface area contributed by atoms with E-state index in [0.29, 0.717) is 41.0 Å². The van der Waals surface area contributed by atoms with E-state index < -0.39 is 0 Å². The Morgan fingerprint density at radius 2 is 1.91 bits per heavy atom. The van der Waals surface area contributed by atoms with E-state index in [0.717, 1.165) is 23.4 Å². The summed E-state index contributed by atoms with van der Waals surface area (Å²) in [5.74, 6) is 1.12. The van der Waals surface area contributed by atoms with E-state index in [9.17, 15) is 9.59 Å². The van der Waals surface area contributed by atoms with Crippen molar-refractivity contribution < 1.29 is 19.1 Å². The van der Waals surface area contributed by atoms with Gasteiger partial charge in [0.15, 0.2) is 6.61 Å². The highest BCUT2D eigenvalue weighted by molar-refractivity contribution is 7.10. The van der Waals surface area contributed by atoms with E-state index in [1.54, 1.807) is 23.6 Å². The Balaban J connectivity index is 1.29. The summed E-state index contributed by atoms with van der Waals surface area (Å²) in [5, 5.41) is 5.99. The van der Waals surface area contributed by atoms with Gasteiger partial charge in [0, 0.05) is 29.4 Å². The molecular formula is C26H28ClN3O4S. The SMILES string of the molecule is COc1ccc(Cl)cc1NC(=O)c1csc(C2CCN(C(=O)COc3ccc(C)c(C)c3)CC2)n1. The lowest BCUT2D eigenvalue weighted by Gasteiger charge is -2.31. The van der Waals surface area contributed by atoms with Gasteiger partial charge in [0.2, 0.25) is 0 Å². The molecule has 184 valence electrons. The van der Waals surface area contributed by atoms with Crippen LogP contribution in [0.2, 0.25) is 5.02 Å². The average Bonchev–Trinajstić information content (AvgIpc) is 3.35. The van der Waals surface area contributed by atoms with Crippen LogP contribution in [0.25, 0.3) is 0 Å². The molecule has 0 saturated carbocycles. The topological polar surface area (TPSA) is 80.8 Å². The van der Waals surface area contributed by atoms with Crippen LogP contribution in [0.3, 0.4) is 0 Å². The third-order valence-electron chi connectivity index (χ3n) is 6.20. The number of carbonyl (C=O) groups excluding carboxylic acids is 2. The standard InChI is InChI=1S/C26H28ClN3O4S/c1-16-4-6-20(12-17(16)2)34-14-24(31)30-10-8-18(9-11-30)26-29-22(15-35-26)25(32)28-21-13-19(27)5-7-23(21)33-3/h4-7,12-13,15,18H,8-11,14H2,1-3H3,(H,28,32). The minimum atomic E-state index is -0.316. The molecule has 1 aliphatic heterocycles. The van der Waals surface area contributed by atoms with Gasteiger partial charge in [-0.2, -0.15) is 0 Å². The number of halogens is 1. The summed E-state index contributed by atoms with van der Waals surface area (Å²) in [5.41, 5.74) is 3.18. The van der Waals surface area contributed by atoms with Crippen molar-refractivity contribution >= 4 is 40.4 Å². The van der Waals surface area contributed by atoms with Gasteiger partial charge >= 0.3 is 0 Å². The number of ether oxygens (including phenoxy) is 2. The van der Waals surface area contributed by atoms with Gasteiger partial charge in [-0.15, -0.1) is 11.3 Å². The van der Waals surface area contributed by atoms with Crippen molar-refractivity contribution in [2.45, 2.75) is 32.6 Å². The highest BCUT2D eigenvalue weighted by Crippen LogP contribution is 2.32. The zero-order valence-corrected chi connectivity index (χ0v) is 21.5. The molecule has 1 N–H and O–H groups in total. The van der Waals surface area contributed by atoms with Gasteiger partial charge in [-0.25, -0.2) is 4.98 Å². The quantitative estimate of drug-likeness (QED) is 0.453. The van der Waals surface area contributed by atoms with Crippen LogP contribution in [0.1, 0.15) is 45.4 Å².